The molecule has 1 aromatic heterocycles. The number of aryl methyl sites for hydroxylation is 1. The van der Waals surface area contributed by atoms with Crippen molar-refractivity contribution >= 4 is 5.97 Å². The first-order valence-electron chi connectivity index (χ1n) is 7.57. The summed E-state index contributed by atoms with van der Waals surface area (Å²) in [6.45, 7) is 8.63. The highest BCUT2D eigenvalue weighted by Gasteiger charge is 2.05. The fraction of sp³-hybridized carbons (Fsp3) is 0.562. The van der Waals surface area contributed by atoms with Crippen LogP contribution < -0.4 is 10.3 Å². The molecule has 8 heteroatoms. The summed E-state index contributed by atoms with van der Waals surface area (Å²) in [4.78, 5) is 26.8. The Morgan fingerprint density at radius 3 is 2.38 bits per heavy atom. The number of nitrogens with zero attached hydrogens (tertiary/aromatic N) is 2. The maximum absolute atomic E-state index is 11.7. The van der Waals surface area contributed by atoms with Crippen LogP contribution >= 0.6 is 0 Å². The molecule has 0 atom stereocenters. The maximum Gasteiger partial charge on any atom is 0.333 e. The van der Waals surface area contributed by atoms with Gasteiger partial charge in [0.15, 0.2) is 0 Å². The van der Waals surface area contributed by atoms with Crippen LogP contribution in [0.25, 0.3) is 0 Å². The van der Waals surface area contributed by atoms with Gasteiger partial charge < -0.3 is 18.9 Å². The molecule has 0 amide bonds. The van der Waals surface area contributed by atoms with Crippen molar-refractivity contribution in [2.45, 2.75) is 13.8 Å². The SMILES string of the molecule is C=C(C)C(=O)OCCOCCOCCOc1ncc(C)c(=O)n1C. The van der Waals surface area contributed by atoms with E-state index >= 15 is 0 Å². The third kappa shape index (κ3) is 6.93. The second kappa shape index (κ2) is 10.6. The van der Waals surface area contributed by atoms with E-state index in [0.717, 1.165) is 0 Å². The largest absolute Gasteiger partial charge is 0.462 e. The van der Waals surface area contributed by atoms with Gasteiger partial charge in [-0.15, -0.1) is 0 Å². The molecular weight excluding hydrogens is 316 g/mol. The summed E-state index contributed by atoms with van der Waals surface area (Å²) in [5.41, 5.74) is 0.785. The molecular formula is C16H24N2O6. The summed E-state index contributed by atoms with van der Waals surface area (Å²) < 4.78 is 22.2. The van der Waals surface area contributed by atoms with E-state index in [1.54, 1.807) is 20.9 Å². The Balaban J connectivity index is 2.03. The van der Waals surface area contributed by atoms with Gasteiger partial charge in [0.1, 0.15) is 13.2 Å². The first-order chi connectivity index (χ1) is 11.4. The van der Waals surface area contributed by atoms with Crippen LogP contribution in [0.2, 0.25) is 0 Å². The lowest BCUT2D eigenvalue weighted by Gasteiger charge is -2.10. The lowest BCUT2D eigenvalue weighted by molar-refractivity contribution is -0.140. The smallest absolute Gasteiger partial charge is 0.333 e. The molecule has 0 aliphatic rings. The fourth-order valence-electron chi connectivity index (χ4n) is 1.61. The minimum atomic E-state index is -0.425. The maximum atomic E-state index is 11.7. The molecule has 0 saturated carbocycles. The molecule has 0 radical (unpaired) electrons. The molecule has 0 aromatic carbocycles. The molecule has 0 saturated heterocycles. The van der Waals surface area contributed by atoms with Gasteiger partial charge in [0, 0.05) is 24.4 Å². The first-order valence-corrected chi connectivity index (χ1v) is 7.57. The zero-order valence-corrected chi connectivity index (χ0v) is 14.4. The third-order valence-corrected chi connectivity index (χ3v) is 2.94. The van der Waals surface area contributed by atoms with Crippen LogP contribution in [-0.2, 0) is 26.1 Å². The Bertz CT molecular complexity index is 611. The number of hydrogen-bond donors (Lipinski definition) is 0. The van der Waals surface area contributed by atoms with Crippen molar-refractivity contribution in [1.29, 1.82) is 0 Å². The monoisotopic (exact) mass is 340 g/mol. The number of carbonyl (C=O) groups excluding carboxylic acids is 1. The van der Waals surface area contributed by atoms with E-state index in [1.165, 1.54) is 10.8 Å². The molecule has 1 rings (SSSR count). The van der Waals surface area contributed by atoms with Crippen molar-refractivity contribution in [2.24, 2.45) is 7.05 Å². The quantitative estimate of drug-likeness (QED) is 0.331. The number of carbonyl (C=O) groups is 1. The van der Waals surface area contributed by atoms with Gasteiger partial charge in [-0.1, -0.05) is 6.58 Å². The molecule has 0 aliphatic carbocycles. The molecule has 0 fully saturated rings. The molecule has 24 heavy (non-hydrogen) atoms. The molecule has 0 spiro atoms. The molecule has 1 aromatic rings. The zero-order valence-electron chi connectivity index (χ0n) is 14.4. The number of esters is 1. The molecule has 0 N–H and O–H groups in total. The Kier molecular flexibility index (Phi) is 8.74. The van der Waals surface area contributed by atoms with Crippen LogP contribution in [-0.4, -0.2) is 55.2 Å². The topological polar surface area (TPSA) is 88.9 Å². The molecule has 8 nitrogen and oxygen atoms in total. The predicted molar refractivity (Wildman–Crippen MR) is 87.1 cm³/mol. The van der Waals surface area contributed by atoms with Crippen molar-refractivity contribution < 1.29 is 23.7 Å². The second-order valence-corrected chi connectivity index (χ2v) is 5.08. The van der Waals surface area contributed by atoms with Gasteiger partial charge in [-0.2, -0.15) is 0 Å². The Morgan fingerprint density at radius 2 is 1.75 bits per heavy atom. The average molecular weight is 340 g/mol. The number of aromatic nitrogens is 2. The van der Waals surface area contributed by atoms with E-state index < -0.39 is 5.97 Å². The van der Waals surface area contributed by atoms with E-state index in [0.29, 0.717) is 37.6 Å². The van der Waals surface area contributed by atoms with Gasteiger partial charge in [-0.25, -0.2) is 9.78 Å². The highest BCUT2D eigenvalue weighted by Crippen LogP contribution is 2.01. The lowest BCUT2D eigenvalue weighted by Crippen LogP contribution is -2.23. The van der Waals surface area contributed by atoms with Crippen LogP contribution in [0.4, 0.5) is 0 Å². The summed E-state index contributed by atoms with van der Waals surface area (Å²) >= 11 is 0. The van der Waals surface area contributed by atoms with Crippen LogP contribution in [0.3, 0.4) is 0 Å². The van der Waals surface area contributed by atoms with E-state index in [4.69, 9.17) is 18.9 Å². The number of ether oxygens (including phenoxy) is 4. The number of rotatable bonds is 11. The van der Waals surface area contributed by atoms with Gasteiger partial charge in [-0.3, -0.25) is 9.36 Å². The highest BCUT2D eigenvalue weighted by atomic mass is 16.6. The summed E-state index contributed by atoms with van der Waals surface area (Å²) in [6.07, 6.45) is 1.48. The molecule has 1 heterocycles. The first kappa shape index (κ1) is 19.9. The summed E-state index contributed by atoms with van der Waals surface area (Å²) in [5, 5.41) is 0. The molecule has 134 valence electrons. The van der Waals surface area contributed by atoms with Crippen LogP contribution in [0.5, 0.6) is 6.01 Å². The highest BCUT2D eigenvalue weighted by molar-refractivity contribution is 5.86. The van der Waals surface area contributed by atoms with Crippen molar-refractivity contribution in [3.05, 3.63) is 34.3 Å². The van der Waals surface area contributed by atoms with Gasteiger partial charge in [0.05, 0.1) is 26.4 Å². The van der Waals surface area contributed by atoms with Crippen LogP contribution in [0.15, 0.2) is 23.1 Å². The van der Waals surface area contributed by atoms with E-state index in [9.17, 15) is 9.59 Å². The predicted octanol–water partition coefficient (Wildman–Crippen LogP) is 0.620. The summed E-state index contributed by atoms with van der Waals surface area (Å²) in [6, 6.07) is 0.254. The van der Waals surface area contributed by atoms with E-state index in [-0.39, 0.29) is 24.8 Å². The van der Waals surface area contributed by atoms with Gasteiger partial charge in [-0.05, 0) is 13.8 Å². The van der Waals surface area contributed by atoms with Gasteiger partial charge in [0.25, 0.3) is 11.6 Å². The van der Waals surface area contributed by atoms with Crippen molar-refractivity contribution in [2.75, 3.05) is 39.6 Å². The summed E-state index contributed by atoms with van der Waals surface area (Å²) in [5.74, 6) is -0.425. The fourth-order valence-corrected chi connectivity index (χ4v) is 1.61. The van der Waals surface area contributed by atoms with Crippen molar-refractivity contribution in [3.8, 4) is 6.01 Å². The second-order valence-electron chi connectivity index (χ2n) is 5.08. The lowest BCUT2D eigenvalue weighted by atomic mass is 10.4. The zero-order chi connectivity index (χ0) is 17.9. The van der Waals surface area contributed by atoms with Gasteiger partial charge in [0.2, 0.25) is 0 Å². The third-order valence-electron chi connectivity index (χ3n) is 2.94. The van der Waals surface area contributed by atoms with Crippen LogP contribution in [0, 0.1) is 6.92 Å². The normalized spacial score (nSPS) is 10.5. The molecule has 0 bridgehead atoms. The Labute approximate surface area is 141 Å². The summed E-state index contributed by atoms with van der Waals surface area (Å²) in [7, 11) is 1.60. The number of hydrogen-bond acceptors (Lipinski definition) is 7. The average Bonchev–Trinajstić information content (AvgIpc) is 2.55. The van der Waals surface area contributed by atoms with Gasteiger partial charge >= 0.3 is 5.97 Å². The van der Waals surface area contributed by atoms with E-state index in [2.05, 4.69) is 11.6 Å². The Morgan fingerprint density at radius 1 is 1.17 bits per heavy atom. The molecule has 0 unspecified atom stereocenters. The minimum Gasteiger partial charge on any atom is -0.462 e. The van der Waals surface area contributed by atoms with E-state index in [1.807, 2.05) is 0 Å². The minimum absolute atomic E-state index is 0.137. The Hall–Kier alpha value is -2.19. The van der Waals surface area contributed by atoms with Crippen LogP contribution in [0.1, 0.15) is 12.5 Å². The van der Waals surface area contributed by atoms with Crippen molar-refractivity contribution in [1.82, 2.24) is 9.55 Å². The molecule has 0 aliphatic heterocycles. The standard InChI is InChI=1S/C16H24N2O6/c1-12(2)15(20)23-9-7-21-5-6-22-8-10-24-16-17-11-13(3)14(19)18(16)4/h11H,1,5-10H2,2-4H3. The van der Waals surface area contributed by atoms with Crippen molar-refractivity contribution in [3.63, 3.8) is 0 Å².